The zero-order chi connectivity index (χ0) is 8.10. The van der Waals surface area contributed by atoms with Crippen LogP contribution in [-0.4, -0.2) is 21.7 Å². The minimum Gasteiger partial charge on any atom is -0.290 e. The summed E-state index contributed by atoms with van der Waals surface area (Å²) >= 11 is 1.40. The molecule has 6 heteroatoms. The number of aromatic nitrogens is 2. The highest BCUT2D eigenvalue weighted by Gasteiger charge is 1.97. The van der Waals surface area contributed by atoms with Crippen LogP contribution in [0.2, 0.25) is 0 Å². The second kappa shape index (κ2) is 3.99. The molecule has 1 rings (SSSR count). The van der Waals surface area contributed by atoms with E-state index in [1.165, 1.54) is 11.3 Å². The van der Waals surface area contributed by atoms with Crippen LogP contribution in [0.4, 0.5) is 5.13 Å². The van der Waals surface area contributed by atoms with Gasteiger partial charge in [-0.2, -0.15) is 0 Å². The Bertz CT molecular complexity index is 246. The Labute approximate surface area is 67.8 Å². The van der Waals surface area contributed by atoms with E-state index >= 15 is 0 Å². The lowest BCUT2D eigenvalue weighted by molar-refractivity contribution is 0.240. The average molecular weight is 172 g/mol. The highest BCUT2D eigenvalue weighted by atomic mass is 32.1. The van der Waals surface area contributed by atoms with Crippen molar-refractivity contribution in [3.05, 3.63) is 5.01 Å². The zero-order valence-corrected chi connectivity index (χ0v) is 6.80. The first kappa shape index (κ1) is 8.09. The molecule has 1 aromatic heterocycles. The van der Waals surface area contributed by atoms with Gasteiger partial charge < -0.3 is 0 Å². The molecule has 2 N–H and O–H groups in total. The first-order valence-electron chi connectivity index (χ1n) is 3.11. The van der Waals surface area contributed by atoms with Crippen LogP contribution >= 0.6 is 11.3 Å². The van der Waals surface area contributed by atoms with Gasteiger partial charge in [-0.3, -0.25) is 10.7 Å². The van der Waals surface area contributed by atoms with E-state index in [0.717, 1.165) is 17.8 Å². The van der Waals surface area contributed by atoms with Gasteiger partial charge in [0.1, 0.15) is 11.3 Å². The Morgan fingerprint density at radius 2 is 2.55 bits per heavy atom. The Hall–Kier alpha value is -1.01. The minimum absolute atomic E-state index is 0.545. The van der Waals surface area contributed by atoms with Crippen molar-refractivity contribution in [1.82, 2.24) is 15.7 Å². The quantitative estimate of drug-likeness (QED) is 0.401. The highest BCUT2D eigenvalue weighted by molar-refractivity contribution is 7.14. The lowest BCUT2D eigenvalue weighted by Gasteiger charge is -1.80. The number of aliphatic imine (C=N–C) groups is 1. The van der Waals surface area contributed by atoms with Crippen LogP contribution in [0.1, 0.15) is 11.9 Å². The highest BCUT2D eigenvalue weighted by Crippen LogP contribution is 2.17. The molecule has 0 spiro atoms. The summed E-state index contributed by atoms with van der Waals surface area (Å²) in [6, 6.07) is 0. The number of aryl methyl sites for hydroxylation is 1. The molecule has 0 atom stereocenters. The maximum Gasteiger partial charge on any atom is 0.233 e. The van der Waals surface area contributed by atoms with Crippen molar-refractivity contribution < 1.29 is 5.21 Å². The number of nitrogens with zero attached hydrogens (tertiary/aromatic N) is 3. The van der Waals surface area contributed by atoms with E-state index in [-0.39, 0.29) is 0 Å². The van der Waals surface area contributed by atoms with E-state index in [1.54, 1.807) is 5.48 Å². The van der Waals surface area contributed by atoms with Gasteiger partial charge in [0.2, 0.25) is 5.13 Å². The van der Waals surface area contributed by atoms with E-state index < -0.39 is 0 Å². The van der Waals surface area contributed by atoms with E-state index in [1.807, 2.05) is 6.92 Å². The Balaban J connectivity index is 2.65. The molecular formula is C5H8N4OS. The molecule has 0 radical (unpaired) electrons. The summed E-state index contributed by atoms with van der Waals surface area (Å²) in [4.78, 5) is 3.75. The summed E-state index contributed by atoms with van der Waals surface area (Å²) in [6.45, 7) is 2.00. The molecule has 11 heavy (non-hydrogen) atoms. The fourth-order valence-corrected chi connectivity index (χ4v) is 1.15. The molecule has 0 aliphatic heterocycles. The molecule has 1 aromatic rings. The van der Waals surface area contributed by atoms with Gasteiger partial charge in [0, 0.05) is 0 Å². The molecule has 0 aliphatic rings. The van der Waals surface area contributed by atoms with Gasteiger partial charge in [-0.05, 0) is 6.42 Å². The van der Waals surface area contributed by atoms with Crippen molar-refractivity contribution in [2.75, 3.05) is 0 Å². The van der Waals surface area contributed by atoms with Gasteiger partial charge in [0.25, 0.3) is 0 Å². The fourth-order valence-electron chi connectivity index (χ4n) is 0.524. The van der Waals surface area contributed by atoms with Crippen molar-refractivity contribution >= 4 is 22.8 Å². The van der Waals surface area contributed by atoms with Crippen LogP contribution in [0.25, 0.3) is 0 Å². The molecule has 0 saturated heterocycles. The topological polar surface area (TPSA) is 70.4 Å². The third kappa shape index (κ3) is 2.24. The van der Waals surface area contributed by atoms with Crippen molar-refractivity contribution in [3.63, 3.8) is 0 Å². The maximum atomic E-state index is 8.15. The summed E-state index contributed by atoms with van der Waals surface area (Å²) in [5, 5.41) is 17.2. The third-order valence-corrected chi connectivity index (χ3v) is 1.97. The van der Waals surface area contributed by atoms with Gasteiger partial charge in [0.15, 0.2) is 0 Å². The maximum absolute atomic E-state index is 8.15. The molecular weight excluding hydrogens is 164 g/mol. The largest absolute Gasteiger partial charge is 0.290 e. The van der Waals surface area contributed by atoms with E-state index in [2.05, 4.69) is 15.2 Å². The summed E-state index contributed by atoms with van der Waals surface area (Å²) in [6.07, 6.45) is 2.01. The molecule has 5 nitrogen and oxygen atoms in total. The van der Waals surface area contributed by atoms with Crippen LogP contribution in [0.15, 0.2) is 4.99 Å². The Kier molecular flexibility index (Phi) is 2.94. The number of nitrogens with one attached hydrogen (secondary N) is 1. The summed E-state index contributed by atoms with van der Waals surface area (Å²) in [7, 11) is 0. The van der Waals surface area contributed by atoms with Gasteiger partial charge in [-0.15, -0.1) is 10.2 Å². The fraction of sp³-hybridized carbons (Fsp3) is 0.400. The average Bonchev–Trinajstić information content (AvgIpc) is 2.48. The van der Waals surface area contributed by atoms with Crippen molar-refractivity contribution in [3.8, 4) is 0 Å². The molecule has 0 unspecified atom stereocenters. The van der Waals surface area contributed by atoms with Crippen molar-refractivity contribution in [2.45, 2.75) is 13.3 Å². The lowest BCUT2D eigenvalue weighted by atomic mass is 10.5. The minimum atomic E-state index is 0.545. The number of hydrogen-bond donors (Lipinski definition) is 2. The van der Waals surface area contributed by atoms with Crippen LogP contribution < -0.4 is 5.48 Å². The summed E-state index contributed by atoms with van der Waals surface area (Å²) < 4.78 is 0. The standard InChI is InChI=1S/C5H8N4OS/c1-2-4-8-9-5(11-4)6-3-7-10/h3,10H,2H2,1H3,(H,6,7,9). The first-order valence-corrected chi connectivity index (χ1v) is 3.93. The second-order valence-electron chi connectivity index (χ2n) is 1.72. The monoisotopic (exact) mass is 172 g/mol. The smallest absolute Gasteiger partial charge is 0.233 e. The SMILES string of the molecule is CCc1nnc(N=CNO)s1. The van der Waals surface area contributed by atoms with Crippen LogP contribution in [0, 0.1) is 0 Å². The number of hydroxylamine groups is 1. The first-order chi connectivity index (χ1) is 5.36. The number of hydrogen-bond acceptors (Lipinski definition) is 5. The molecule has 0 fully saturated rings. The van der Waals surface area contributed by atoms with Crippen LogP contribution in [-0.2, 0) is 6.42 Å². The van der Waals surface area contributed by atoms with Gasteiger partial charge >= 0.3 is 0 Å². The molecule has 60 valence electrons. The molecule has 1 heterocycles. The molecule has 0 saturated carbocycles. The molecule has 0 amide bonds. The summed E-state index contributed by atoms with van der Waals surface area (Å²) in [5.41, 5.74) is 1.79. The molecule has 0 aliphatic carbocycles. The lowest BCUT2D eigenvalue weighted by Crippen LogP contribution is -2.00. The van der Waals surface area contributed by atoms with Gasteiger partial charge in [-0.1, -0.05) is 18.3 Å². The Morgan fingerprint density at radius 3 is 3.09 bits per heavy atom. The van der Waals surface area contributed by atoms with Crippen LogP contribution in [0.3, 0.4) is 0 Å². The number of rotatable bonds is 3. The van der Waals surface area contributed by atoms with Crippen molar-refractivity contribution in [2.24, 2.45) is 4.99 Å². The van der Waals surface area contributed by atoms with E-state index in [4.69, 9.17) is 5.21 Å². The predicted octanol–water partition coefficient (Wildman–Crippen LogP) is 0.739. The van der Waals surface area contributed by atoms with Gasteiger partial charge in [-0.25, -0.2) is 4.99 Å². The second-order valence-corrected chi connectivity index (χ2v) is 2.76. The molecule has 0 bridgehead atoms. The Morgan fingerprint density at radius 1 is 1.73 bits per heavy atom. The summed E-state index contributed by atoms with van der Waals surface area (Å²) in [5.74, 6) is 0. The third-order valence-electron chi connectivity index (χ3n) is 0.991. The van der Waals surface area contributed by atoms with Crippen molar-refractivity contribution in [1.29, 1.82) is 0 Å². The van der Waals surface area contributed by atoms with Gasteiger partial charge in [0.05, 0.1) is 0 Å². The van der Waals surface area contributed by atoms with E-state index in [0.29, 0.717) is 5.13 Å². The predicted molar refractivity (Wildman–Crippen MR) is 42.4 cm³/mol. The normalized spacial score (nSPS) is 10.7. The zero-order valence-electron chi connectivity index (χ0n) is 5.98. The van der Waals surface area contributed by atoms with E-state index in [9.17, 15) is 0 Å². The molecule has 0 aromatic carbocycles. The van der Waals surface area contributed by atoms with Crippen LogP contribution in [0.5, 0.6) is 0 Å².